The molecule has 0 radical (unpaired) electrons. The Hall–Kier alpha value is -1.10. The fourth-order valence-corrected chi connectivity index (χ4v) is 4.05. The fourth-order valence-electron chi connectivity index (χ4n) is 4.05. The van der Waals surface area contributed by atoms with Crippen molar-refractivity contribution in [3.05, 3.63) is 0 Å². The highest BCUT2D eigenvalue weighted by Crippen LogP contribution is 2.27. The van der Waals surface area contributed by atoms with Crippen molar-refractivity contribution in [2.45, 2.75) is 83.4 Å². The molecule has 24 heavy (non-hydrogen) atoms. The van der Waals surface area contributed by atoms with Gasteiger partial charge < -0.3 is 14.5 Å². The van der Waals surface area contributed by atoms with E-state index >= 15 is 0 Å². The molecule has 5 heteroatoms. The maximum Gasteiger partial charge on any atom is 0.245 e. The maximum atomic E-state index is 13.2. The molecule has 1 aliphatic carbocycles. The van der Waals surface area contributed by atoms with Gasteiger partial charge in [-0.1, -0.05) is 13.8 Å². The van der Waals surface area contributed by atoms with E-state index in [1.807, 2.05) is 16.8 Å². The van der Waals surface area contributed by atoms with Crippen LogP contribution in [0, 0.1) is 5.92 Å². The molecule has 0 aromatic carbocycles. The molecule has 0 aromatic heterocycles. The van der Waals surface area contributed by atoms with Gasteiger partial charge in [0.05, 0.1) is 6.10 Å². The summed E-state index contributed by atoms with van der Waals surface area (Å²) in [6.45, 7) is 4.98. The topological polar surface area (TPSA) is 49.9 Å². The summed E-state index contributed by atoms with van der Waals surface area (Å²) >= 11 is 0. The average molecular weight is 338 g/mol. The van der Waals surface area contributed by atoms with Crippen LogP contribution < -0.4 is 0 Å². The quantitative estimate of drug-likeness (QED) is 0.748. The Morgan fingerprint density at radius 3 is 2.46 bits per heavy atom. The van der Waals surface area contributed by atoms with E-state index in [-0.39, 0.29) is 23.9 Å². The number of amides is 2. The van der Waals surface area contributed by atoms with Gasteiger partial charge in [0.1, 0.15) is 6.04 Å². The van der Waals surface area contributed by atoms with Crippen LogP contribution in [0.5, 0.6) is 0 Å². The van der Waals surface area contributed by atoms with Gasteiger partial charge in [0, 0.05) is 33.2 Å². The minimum absolute atomic E-state index is 0.125. The molecule has 1 saturated heterocycles. The molecule has 1 saturated carbocycles. The Morgan fingerprint density at radius 2 is 1.92 bits per heavy atom. The van der Waals surface area contributed by atoms with Crippen molar-refractivity contribution in [3.63, 3.8) is 0 Å². The SMILES string of the molecule is COC1CCC(N(C)C(=O)[C@@H](CC(C)C)N2CCCCC2=O)CC1. The number of likely N-dealkylation sites (tertiary alicyclic amines) is 1. The Balaban J connectivity index is 2.04. The first-order valence-corrected chi connectivity index (χ1v) is 9.53. The normalized spacial score (nSPS) is 26.5. The highest BCUT2D eigenvalue weighted by molar-refractivity contribution is 5.88. The van der Waals surface area contributed by atoms with E-state index < -0.39 is 0 Å². The molecular weight excluding hydrogens is 304 g/mol. The highest BCUT2D eigenvalue weighted by atomic mass is 16.5. The number of ether oxygens (including phenoxy) is 1. The third kappa shape index (κ3) is 4.71. The molecule has 2 rings (SSSR count). The number of carbonyl (C=O) groups excluding carboxylic acids is 2. The van der Waals surface area contributed by atoms with Crippen molar-refractivity contribution in [2.24, 2.45) is 5.92 Å². The number of nitrogens with zero attached hydrogens (tertiary/aromatic N) is 2. The van der Waals surface area contributed by atoms with Crippen LogP contribution in [0.2, 0.25) is 0 Å². The summed E-state index contributed by atoms with van der Waals surface area (Å²) in [6.07, 6.45) is 7.64. The van der Waals surface area contributed by atoms with Crippen molar-refractivity contribution in [1.82, 2.24) is 9.80 Å². The first-order valence-electron chi connectivity index (χ1n) is 9.53. The second-order valence-electron chi connectivity index (χ2n) is 7.80. The predicted octanol–water partition coefficient (Wildman–Crippen LogP) is 2.83. The van der Waals surface area contributed by atoms with E-state index in [1.165, 1.54) is 0 Å². The molecule has 2 fully saturated rings. The van der Waals surface area contributed by atoms with E-state index in [4.69, 9.17) is 4.74 Å². The van der Waals surface area contributed by atoms with Crippen molar-refractivity contribution >= 4 is 11.8 Å². The molecule has 2 amide bonds. The van der Waals surface area contributed by atoms with E-state index in [9.17, 15) is 9.59 Å². The highest BCUT2D eigenvalue weighted by Gasteiger charge is 2.36. The minimum atomic E-state index is -0.289. The number of hydrogen-bond acceptors (Lipinski definition) is 3. The van der Waals surface area contributed by atoms with Crippen LogP contribution in [0.3, 0.4) is 0 Å². The summed E-state index contributed by atoms with van der Waals surface area (Å²) in [5.41, 5.74) is 0. The second-order valence-corrected chi connectivity index (χ2v) is 7.80. The lowest BCUT2D eigenvalue weighted by Gasteiger charge is -2.40. The number of methoxy groups -OCH3 is 1. The number of hydrogen-bond donors (Lipinski definition) is 0. The van der Waals surface area contributed by atoms with Crippen LogP contribution in [-0.4, -0.2) is 60.5 Å². The van der Waals surface area contributed by atoms with Crippen LogP contribution in [-0.2, 0) is 14.3 Å². The number of carbonyl (C=O) groups is 2. The van der Waals surface area contributed by atoms with Gasteiger partial charge in [-0.2, -0.15) is 0 Å². The molecule has 1 aliphatic heterocycles. The minimum Gasteiger partial charge on any atom is -0.381 e. The van der Waals surface area contributed by atoms with Gasteiger partial charge in [-0.25, -0.2) is 0 Å². The number of piperidine rings is 1. The zero-order chi connectivity index (χ0) is 17.7. The smallest absolute Gasteiger partial charge is 0.245 e. The zero-order valence-electron chi connectivity index (χ0n) is 15.8. The van der Waals surface area contributed by atoms with E-state index in [1.54, 1.807) is 7.11 Å². The van der Waals surface area contributed by atoms with E-state index in [0.717, 1.165) is 51.5 Å². The summed E-state index contributed by atoms with van der Waals surface area (Å²) in [5.74, 6) is 0.669. The van der Waals surface area contributed by atoms with E-state index in [0.29, 0.717) is 18.4 Å². The summed E-state index contributed by atoms with van der Waals surface area (Å²) in [5, 5.41) is 0. The van der Waals surface area contributed by atoms with Crippen LogP contribution in [0.15, 0.2) is 0 Å². The van der Waals surface area contributed by atoms with Crippen molar-refractivity contribution in [1.29, 1.82) is 0 Å². The molecule has 1 atom stereocenters. The summed E-state index contributed by atoms with van der Waals surface area (Å²) in [4.78, 5) is 29.3. The van der Waals surface area contributed by atoms with E-state index in [2.05, 4.69) is 13.8 Å². The van der Waals surface area contributed by atoms with Crippen LogP contribution in [0.25, 0.3) is 0 Å². The summed E-state index contributed by atoms with van der Waals surface area (Å²) < 4.78 is 5.43. The standard InChI is InChI=1S/C19H34N2O3/c1-14(2)13-17(21-12-6-5-7-18(21)22)19(23)20(3)15-8-10-16(24-4)11-9-15/h14-17H,5-13H2,1-4H3/t15?,16?,17-/m1/s1. The molecule has 0 bridgehead atoms. The lowest BCUT2D eigenvalue weighted by molar-refractivity contribution is -0.149. The fraction of sp³-hybridized carbons (Fsp3) is 0.895. The summed E-state index contributed by atoms with van der Waals surface area (Å²) in [7, 11) is 3.68. The molecule has 2 aliphatic rings. The summed E-state index contributed by atoms with van der Waals surface area (Å²) in [6, 6.07) is -0.0126. The third-order valence-corrected chi connectivity index (χ3v) is 5.59. The van der Waals surface area contributed by atoms with Crippen molar-refractivity contribution < 1.29 is 14.3 Å². The van der Waals surface area contributed by atoms with Gasteiger partial charge >= 0.3 is 0 Å². The van der Waals surface area contributed by atoms with Crippen LogP contribution >= 0.6 is 0 Å². The number of likely N-dealkylation sites (N-methyl/N-ethyl adjacent to an activating group) is 1. The van der Waals surface area contributed by atoms with Gasteiger partial charge in [-0.15, -0.1) is 0 Å². The average Bonchev–Trinajstić information content (AvgIpc) is 2.59. The first kappa shape index (κ1) is 19.2. The molecular formula is C19H34N2O3. The first-order chi connectivity index (χ1) is 11.4. The molecule has 138 valence electrons. The van der Waals surface area contributed by atoms with Gasteiger partial charge in [0.25, 0.3) is 0 Å². The number of rotatable bonds is 6. The molecule has 1 heterocycles. The lowest BCUT2D eigenvalue weighted by Crippen LogP contribution is -2.54. The molecule has 0 unspecified atom stereocenters. The maximum absolute atomic E-state index is 13.2. The van der Waals surface area contributed by atoms with Gasteiger partial charge in [0.2, 0.25) is 11.8 Å². The van der Waals surface area contributed by atoms with Gasteiger partial charge in [-0.05, 0) is 50.9 Å². The Labute approximate surface area is 146 Å². The molecule has 5 nitrogen and oxygen atoms in total. The monoisotopic (exact) mass is 338 g/mol. The largest absolute Gasteiger partial charge is 0.381 e. The van der Waals surface area contributed by atoms with Gasteiger partial charge in [0.15, 0.2) is 0 Å². The third-order valence-electron chi connectivity index (χ3n) is 5.59. The van der Waals surface area contributed by atoms with Crippen LogP contribution in [0.1, 0.15) is 65.2 Å². The molecule has 0 spiro atoms. The predicted molar refractivity (Wildman–Crippen MR) is 94.6 cm³/mol. The lowest BCUT2D eigenvalue weighted by atomic mass is 9.91. The molecule has 0 N–H and O–H groups in total. The van der Waals surface area contributed by atoms with Crippen LogP contribution in [0.4, 0.5) is 0 Å². The van der Waals surface area contributed by atoms with Gasteiger partial charge in [-0.3, -0.25) is 9.59 Å². The van der Waals surface area contributed by atoms with Crippen molar-refractivity contribution in [2.75, 3.05) is 20.7 Å². The zero-order valence-corrected chi connectivity index (χ0v) is 15.8. The van der Waals surface area contributed by atoms with Crippen molar-refractivity contribution in [3.8, 4) is 0 Å². The molecule has 0 aromatic rings. The Bertz CT molecular complexity index is 430. The second kappa shape index (κ2) is 8.84. The Morgan fingerprint density at radius 1 is 1.25 bits per heavy atom. The Kier molecular flexibility index (Phi) is 7.08.